The van der Waals surface area contributed by atoms with Crippen molar-refractivity contribution in [1.29, 1.82) is 0 Å². The highest BCUT2D eigenvalue weighted by atomic mass is 16.2. The summed E-state index contributed by atoms with van der Waals surface area (Å²) >= 11 is 0. The molecule has 4 heterocycles. The lowest BCUT2D eigenvalue weighted by Crippen LogP contribution is -2.62. The van der Waals surface area contributed by atoms with Crippen LogP contribution in [-0.4, -0.2) is 174 Å². The van der Waals surface area contributed by atoms with Gasteiger partial charge in [-0.15, -0.1) is 0 Å². The van der Waals surface area contributed by atoms with Gasteiger partial charge in [-0.2, -0.15) is 0 Å². The van der Waals surface area contributed by atoms with E-state index in [-0.39, 0.29) is 70.8 Å². The molecular formula is C72H106N14O12. The number of carbonyl (C=O) groups excluding carboxylic acids is 12. The van der Waals surface area contributed by atoms with E-state index in [9.17, 15) is 57.5 Å². The Morgan fingerprint density at radius 3 is 1.13 bits per heavy atom. The van der Waals surface area contributed by atoms with E-state index in [1.54, 1.807) is 9.80 Å². The summed E-state index contributed by atoms with van der Waals surface area (Å²) in [5.74, 6) is -6.41. The number of likely N-dealkylation sites (tertiary alicyclic amines) is 2. The average molecular weight is 1360 g/mol. The smallest absolute Gasteiger partial charge is 0.289 e. The molecule has 10 amide bonds. The molecule has 2 aromatic heterocycles. The van der Waals surface area contributed by atoms with Crippen molar-refractivity contribution < 1.29 is 57.5 Å². The van der Waals surface area contributed by atoms with Crippen LogP contribution in [0.2, 0.25) is 0 Å². The van der Waals surface area contributed by atoms with Gasteiger partial charge < -0.3 is 52.3 Å². The van der Waals surface area contributed by atoms with Crippen LogP contribution < -0.4 is 42.5 Å². The normalized spacial score (nSPS) is 24.2. The second-order valence-corrected chi connectivity index (χ2v) is 31.0. The second kappa shape index (κ2) is 33.4. The molecule has 2 aliphatic heterocycles. The van der Waals surface area contributed by atoms with Gasteiger partial charge in [-0.1, -0.05) is 120 Å². The van der Waals surface area contributed by atoms with E-state index in [0.717, 1.165) is 128 Å². The second-order valence-electron chi connectivity index (χ2n) is 31.0. The van der Waals surface area contributed by atoms with E-state index in [4.69, 9.17) is 0 Å². The lowest BCUT2D eigenvalue weighted by molar-refractivity contribution is -0.146. The van der Waals surface area contributed by atoms with Crippen molar-refractivity contribution in [3.8, 4) is 0 Å². The fourth-order valence-corrected chi connectivity index (χ4v) is 15.7. The predicted molar refractivity (Wildman–Crippen MR) is 361 cm³/mol. The zero-order valence-electron chi connectivity index (χ0n) is 58.7. The molecular weight excluding hydrogens is 1250 g/mol. The Hall–Kier alpha value is -7.80. The number of carbonyl (C=O) groups is 12. The molecule has 6 aliphatic carbocycles. The van der Waals surface area contributed by atoms with Crippen molar-refractivity contribution in [1.82, 2.24) is 72.3 Å². The average Bonchev–Trinajstić information content (AvgIpc) is 1.61. The Morgan fingerprint density at radius 2 is 0.816 bits per heavy atom. The van der Waals surface area contributed by atoms with Gasteiger partial charge in [-0.05, 0) is 136 Å². The quantitative estimate of drug-likeness (QED) is 0.0581. The van der Waals surface area contributed by atoms with E-state index in [1.165, 1.54) is 37.2 Å². The monoisotopic (exact) mass is 1360 g/mol. The lowest BCUT2D eigenvalue weighted by Gasteiger charge is -2.38. The van der Waals surface area contributed by atoms with Crippen molar-refractivity contribution in [2.24, 2.45) is 46.3 Å². The van der Waals surface area contributed by atoms with Gasteiger partial charge in [-0.3, -0.25) is 67.5 Å². The number of aromatic nitrogens is 4. The standard InChI is InChI=1S/2C36H53N7O6/c2*1-5-10-25(29(44)34(48)39-23-15-16-23)40-33(47)28-24-14-9-13-22(24)20-43(28)35(49)30(36(2,3)4)42-32(46)27(21-11-7-6-8-12-21)41-31(45)26-19-37-17-18-38-26/h2*17-19,21-25,27-28,30H,5-16,20H2,1-4H3,(H,39,48)(H,40,47)(H,41,45)(H,42,46)/t2*22-,24-,25-,27-,28-,30+/m00/s1. The van der Waals surface area contributed by atoms with Crippen LogP contribution in [0.25, 0.3) is 0 Å². The molecule has 2 aromatic rings. The van der Waals surface area contributed by atoms with E-state index in [1.807, 2.05) is 55.4 Å². The number of nitrogens with one attached hydrogen (secondary N) is 8. The molecule has 12 atom stereocenters. The third-order valence-corrected chi connectivity index (χ3v) is 21.3. The van der Waals surface area contributed by atoms with Crippen LogP contribution in [-0.2, 0) is 47.9 Å². The Bertz CT molecular complexity index is 2980. The topological polar surface area (TPSA) is 359 Å². The summed E-state index contributed by atoms with van der Waals surface area (Å²) in [5, 5.41) is 23.0. The van der Waals surface area contributed by atoms with Crippen molar-refractivity contribution in [2.45, 2.75) is 270 Å². The first-order valence-electron chi connectivity index (χ1n) is 36.4. The van der Waals surface area contributed by atoms with Gasteiger partial charge in [0.15, 0.2) is 0 Å². The maximum atomic E-state index is 14.6. The Morgan fingerprint density at radius 1 is 0.449 bits per heavy atom. The zero-order chi connectivity index (χ0) is 70.6. The van der Waals surface area contributed by atoms with Crippen LogP contribution in [0.5, 0.6) is 0 Å². The third kappa shape index (κ3) is 18.9. The van der Waals surface area contributed by atoms with Crippen LogP contribution in [0.1, 0.15) is 230 Å². The summed E-state index contributed by atoms with van der Waals surface area (Å²) in [7, 11) is 0. The molecule has 8 N–H and O–H groups in total. The van der Waals surface area contributed by atoms with Gasteiger partial charge in [-0.25, -0.2) is 9.97 Å². The first kappa shape index (κ1) is 74.4. The number of Topliss-reactive ketones (excluding diaryl/α,β-unsaturated/α-hetero) is 2. The SMILES string of the molecule is CCC[C@H](NC(=O)[C@@H]1[C@H]2CCC[C@H]2CN1C(=O)[C@@H](NC(=O)[C@@H](NC(=O)c1cnccn1)C1CCCCC1)C(C)(C)C)C(=O)C(=O)NC1CC1.CCC[C@H](NC(=O)[C@@H]1[C@H]2CCC[C@H]2CN1C(=O)[C@@H](NC(=O)[C@@H](NC(=O)c1cnccn1)C1CCCCC1)C(C)(C)C)C(=O)C(=O)NC1CC1. The highest BCUT2D eigenvalue weighted by Gasteiger charge is 2.55. The molecule has 0 aromatic carbocycles. The number of hydrogen-bond donors (Lipinski definition) is 8. The van der Waals surface area contributed by atoms with Crippen LogP contribution in [0.4, 0.5) is 0 Å². The predicted octanol–water partition coefficient (Wildman–Crippen LogP) is 4.89. The molecule has 0 bridgehead atoms. The van der Waals surface area contributed by atoms with Crippen LogP contribution in [0.3, 0.4) is 0 Å². The first-order chi connectivity index (χ1) is 46.8. The molecule has 8 aliphatic rings. The number of nitrogens with zero attached hydrogens (tertiary/aromatic N) is 6. The molecule has 98 heavy (non-hydrogen) atoms. The van der Waals surface area contributed by atoms with E-state index >= 15 is 0 Å². The van der Waals surface area contributed by atoms with E-state index in [2.05, 4.69) is 62.5 Å². The molecule has 6 saturated carbocycles. The molecule has 536 valence electrons. The largest absolute Gasteiger partial charge is 0.347 e. The molecule has 0 unspecified atom stereocenters. The number of fused-ring (bicyclic) bond motifs is 2. The minimum absolute atomic E-state index is 0.0132. The number of hydrogen-bond acceptors (Lipinski definition) is 16. The number of amides is 10. The highest BCUT2D eigenvalue weighted by Crippen LogP contribution is 2.45. The molecule has 8 fully saturated rings. The van der Waals surface area contributed by atoms with E-state index < -0.39 is 118 Å². The molecule has 0 radical (unpaired) electrons. The minimum atomic E-state index is -0.994. The summed E-state index contributed by atoms with van der Waals surface area (Å²) in [4.78, 5) is 183. The van der Waals surface area contributed by atoms with Gasteiger partial charge in [0.25, 0.3) is 23.6 Å². The van der Waals surface area contributed by atoms with Crippen LogP contribution in [0.15, 0.2) is 37.2 Å². The van der Waals surface area contributed by atoms with Gasteiger partial charge in [0, 0.05) is 50.0 Å². The first-order valence-corrected chi connectivity index (χ1v) is 36.4. The van der Waals surface area contributed by atoms with Gasteiger partial charge in [0.05, 0.1) is 24.5 Å². The van der Waals surface area contributed by atoms with Crippen molar-refractivity contribution >= 4 is 70.6 Å². The van der Waals surface area contributed by atoms with Crippen molar-refractivity contribution in [3.63, 3.8) is 0 Å². The molecule has 0 spiro atoms. The Balaban J connectivity index is 0.000000229. The summed E-state index contributed by atoms with van der Waals surface area (Å²) in [6.45, 7) is 15.7. The Kier molecular flexibility index (Phi) is 25.3. The Labute approximate surface area is 576 Å². The number of ketones is 2. The summed E-state index contributed by atoms with van der Waals surface area (Å²) in [6.07, 6.45) is 27.7. The zero-order valence-corrected chi connectivity index (χ0v) is 58.7. The summed E-state index contributed by atoms with van der Waals surface area (Å²) in [5.41, 5.74) is -1.28. The van der Waals surface area contributed by atoms with Gasteiger partial charge in [0.1, 0.15) is 47.6 Å². The van der Waals surface area contributed by atoms with E-state index in [0.29, 0.717) is 38.8 Å². The van der Waals surface area contributed by atoms with Crippen molar-refractivity contribution in [3.05, 3.63) is 48.6 Å². The highest BCUT2D eigenvalue weighted by molar-refractivity contribution is 6.39. The van der Waals surface area contributed by atoms with Crippen LogP contribution >= 0.6 is 0 Å². The summed E-state index contributed by atoms with van der Waals surface area (Å²) < 4.78 is 0. The minimum Gasteiger partial charge on any atom is -0.347 e. The van der Waals surface area contributed by atoms with Gasteiger partial charge >= 0.3 is 0 Å². The molecule has 26 heteroatoms. The third-order valence-electron chi connectivity index (χ3n) is 21.3. The summed E-state index contributed by atoms with van der Waals surface area (Å²) in [6, 6.07) is -7.35. The lowest BCUT2D eigenvalue weighted by atomic mass is 9.82. The molecule has 26 nitrogen and oxygen atoms in total. The van der Waals surface area contributed by atoms with Crippen LogP contribution in [0, 0.1) is 46.3 Å². The molecule has 2 saturated heterocycles. The number of rotatable bonds is 26. The maximum absolute atomic E-state index is 14.6. The fraction of sp³-hybridized carbons (Fsp3) is 0.722. The van der Waals surface area contributed by atoms with Crippen molar-refractivity contribution in [2.75, 3.05) is 13.1 Å². The van der Waals surface area contributed by atoms with Gasteiger partial charge in [0.2, 0.25) is 47.0 Å². The molecule has 10 rings (SSSR count). The fourth-order valence-electron chi connectivity index (χ4n) is 15.7. The maximum Gasteiger partial charge on any atom is 0.289 e.